The van der Waals surface area contributed by atoms with Crippen LogP contribution in [0.3, 0.4) is 0 Å². The first-order chi connectivity index (χ1) is 11.2. The highest BCUT2D eigenvalue weighted by Gasteiger charge is 2.07. The lowest BCUT2D eigenvalue weighted by molar-refractivity contribution is 0.105. The number of hydrogen-bond acceptors (Lipinski definition) is 5. The van der Waals surface area contributed by atoms with Crippen molar-refractivity contribution >= 4 is 5.69 Å². The smallest absolute Gasteiger partial charge is 0.124 e. The molecule has 5 heteroatoms. The van der Waals surface area contributed by atoms with Gasteiger partial charge in [-0.3, -0.25) is 0 Å². The quantitative estimate of drug-likeness (QED) is 0.414. The van der Waals surface area contributed by atoms with Crippen LogP contribution in [0.4, 0.5) is 5.69 Å². The molecule has 0 radical (unpaired) electrons. The molecule has 1 unspecified atom stereocenters. The van der Waals surface area contributed by atoms with Crippen LogP contribution in [0.25, 0.3) is 0 Å². The van der Waals surface area contributed by atoms with E-state index in [0.717, 1.165) is 24.2 Å². The molecule has 0 spiro atoms. The van der Waals surface area contributed by atoms with E-state index in [1.807, 2.05) is 36.4 Å². The number of nitrogens with one attached hydrogen (secondary N) is 1. The van der Waals surface area contributed by atoms with E-state index in [2.05, 4.69) is 5.32 Å². The van der Waals surface area contributed by atoms with Crippen LogP contribution in [0.15, 0.2) is 48.5 Å². The fraction of sp³-hybridized carbons (Fsp3) is 0.333. The minimum atomic E-state index is -0.604. The van der Waals surface area contributed by atoms with E-state index in [-0.39, 0.29) is 13.2 Å². The maximum Gasteiger partial charge on any atom is 0.124 e. The first-order valence-corrected chi connectivity index (χ1v) is 7.74. The maximum atomic E-state index is 9.94. The standard InChI is InChI=1S/C18H24N2O3/c19-16-7-5-14(6-8-16)9-10-20-11-17(22)13-23-18-4-2-1-3-15(18)12-21/h1-8,17,20-22H,9-13,19H2. The van der Waals surface area contributed by atoms with Crippen molar-refractivity contribution in [3.05, 3.63) is 59.7 Å². The van der Waals surface area contributed by atoms with Gasteiger partial charge in [-0.25, -0.2) is 0 Å². The van der Waals surface area contributed by atoms with Crippen molar-refractivity contribution in [1.82, 2.24) is 5.32 Å². The van der Waals surface area contributed by atoms with Crippen LogP contribution in [0.1, 0.15) is 11.1 Å². The SMILES string of the molecule is Nc1ccc(CCNCC(O)COc2ccccc2CO)cc1. The van der Waals surface area contributed by atoms with Crippen molar-refractivity contribution in [2.24, 2.45) is 0 Å². The summed E-state index contributed by atoms with van der Waals surface area (Å²) in [4.78, 5) is 0. The van der Waals surface area contributed by atoms with Crippen molar-refractivity contribution in [2.75, 3.05) is 25.4 Å². The number of aliphatic hydroxyl groups is 2. The van der Waals surface area contributed by atoms with Gasteiger partial charge in [-0.05, 0) is 36.7 Å². The van der Waals surface area contributed by atoms with E-state index in [9.17, 15) is 10.2 Å². The Morgan fingerprint density at radius 1 is 1.09 bits per heavy atom. The van der Waals surface area contributed by atoms with Gasteiger partial charge in [0.15, 0.2) is 0 Å². The lowest BCUT2D eigenvalue weighted by Gasteiger charge is -2.15. The normalized spacial score (nSPS) is 12.1. The molecule has 0 fully saturated rings. The predicted molar refractivity (Wildman–Crippen MR) is 91.3 cm³/mol. The topological polar surface area (TPSA) is 87.7 Å². The molecule has 5 N–H and O–H groups in total. The molecule has 0 amide bonds. The Kier molecular flexibility index (Phi) is 6.87. The summed E-state index contributed by atoms with van der Waals surface area (Å²) in [5.74, 6) is 0.607. The van der Waals surface area contributed by atoms with E-state index >= 15 is 0 Å². The molecule has 0 aliphatic carbocycles. The zero-order chi connectivity index (χ0) is 16.5. The predicted octanol–water partition coefficient (Wildman–Crippen LogP) is 1.33. The molecule has 0 aliphatic rings. The van der Waals surface area contributed by atoms with Crippen molar-refractivity contribution in [2.45, 2.75) is 19.1 Å². The third-order valence-electron chi connectivity index (χ3n) is 3.52. The fourth-order valence-corrected chi connectivity index (χ4v) is 2.21. The second-order valence-electron chi connectivity index (χ2n) is 5.43. The number of anilines is 1. The number of rotatable bonds is 9. The largest absolute Gasteiger partial charge is 0.490 e. The summed E-state index contributed by atoms with van der Waals surface area (Å²) >= 11 is 0. The Morgan fingerprint density at radius 2 is 1.83 bits per heavy atom. The molecule has 2 aromatic rings. The van der Waals surface area contributed by atoms with Gasteiger partial charge in [-0.15, -0.1) is 0 Å². The lowest BCUT2D eigenvalue weighted by atomic mass is 10.1. The molecule has 0 bridgehead atoms. The van der Waals surface area contributed by atoms with E-state index in [4.69, 9.17) is 10.5 Å². The second-order valence-corrected chi connectivity index (χ2v) is 5.43. The number of ether oxygens (including phenoxy) is 1. The molecule has 124 valence electrons. The molecule has 0 heterocycles. The fourth-order valence-electron chi connectivity index (χ4n) is 2.21. The van der Waals surface area contributed by atoms with Crippen molar-refractivity contribution in [3.63, 3.8) is 0 Å². The summed E-state index contributed by atoms with van der Waals surface area (Å²) in [6.45, 7) is 1.34. The number of nitrogens with two attached hydrogens (primary N) is 1. The van der Waals surface area contributed by atoms with Gasteiger partial charge in [-0.2, -0.15) is 0 Å². The monoisotopic (exact) mass is 316 g/mol. The summed E-state index contributed by atoms with van der Waals surface area (Å²) in [7, 11) is 0. The molecular formula is C18H24N2O3. The van der Waals surface area contributed by atoms with Crippen molar-refractivity contribution < 1.29 is 14.9 Å². The van der Waals surface area contributed by atoms with E-state index < -0.39 is 6.10 Å². The Morgan fingerprint density at radius 3 is 2.57 bits per heavy atom. The number of aliphatic hydroxyl groups excluding tert-OH is 2. The summed E-state index contributed by atoms with van der Waals surface area (Å²) in [6, 6.07) is 15.0. The highest BCUT2D eigenvalue weighted by atomic mass is 16.5. The molecule has 23 heavy (non-hydrogen) atoms. The third-order valence-corrected chi connectivity index (χ3v) is 3.52. The van der Waals surface area contributed by atoms with Gasteiger partial charge in [0.1, 0.15) is 18.5 Å². The molecule has 0 saturated heterocycles. The van der Waals surface area contributed by atoms with Crippen LogP contribution in [-0.2, 0) is 13.0 Å². The van der Waals surface area contributed by atoms with Crippen molar-refractivity contribution in [3.8, 4) is 5.75 Å². The number of benzene rings is 2. The molecule has 0 aliphatic heterocycles. The highest BCUT2D eigenvalue weighted by Crippen LogP contribution is 2.17. The van der Waals surface area contributed by atoms with Gasteiger partial charge in [0.25, 0.3) is 0 Å². The zero-order valence-corrected chi connectivity index (χ0v) is 13.1. The zero-order valence-electron chi connectivity index (χ0n) is 13.1. The number of para-hydroxylation sites is 1. The Hall–Kier alpha value is -2.08. The van der Waals surface area contributed by atoms with Gasteiger partial charge in [-0.1, -0.05) is 30.3 Å². The summed E-state index contributed by atoms with van der Waals surface area (Å²) in [5.41, 5.74) is 8.33. The molecule has 0 saturated carbocycles. The minimum Gasteiger partial charge on any atom is -0.490 e. The van der Waals surface area contributed by atoms with Gasteiger partial charge in [0, 0.05) is 17.8 Å². The van der Waals surface area contributed by atoms with Gasteiger partial charge in [0.2, 0.25) is 0 Å². The van der Waals surface area contributed by atoms with Gasteiger partial charge >= 0.3 is 0 Å². The second kappa shape index (κ2) is 9.15. The van der Waals surface area contributed by atoms with Gasteiger partial charge < -0.3 is 26.0 Å². The van der Waals surface area contributed by atoms with Gasteiger partial charge in [0.05, 0.1) is 6.61 Å². The summed E-state index contributed by atoms with van der Waals surface area (Å²) < 4.78 is 5.55. The third kappa shape index (κ3) is 5.90. The molecule has 2 aromatic carbocycles. The van der Waals surface area contributed by atoms with Crippen LogP contribution in [0, 0.1) is 0 Å². The molecular weight excluding hydrogens is 292 g/mol. The Balaban J connectivity index is 1.65. The summed E-state index contributed by atoms with van der Waals surface area (Å²) in [5, 5.41) is 22.4. The van der Waals surface area contributed by atoms with Crippen LogP contribution in [-0.4, -0.2) is 36.0 Å². The first-order valence-electron chi connectivity index (χ1n) is 7.74. The summed E-state index contributed by atoms with van der Waals surface area (Å²) in [6.07, 6.45) is 0.273. The Bertz CT molecular complexity index is 587. The molecule has 0 aromatic heterocycles. The molecule has 2 rings (SSSR count). The number of hydrogen-bond donors (Lipinski definition) is 4. The van der Waals surface area contributed by atoms with E-state index in [0.29, 0.717) is 12.3 Å². The average Bonchev–Trinajstić information content (AvgIpc) is 2.58. The lowest BCUT2D eigenvalue weighted by Crippen LogP contribution is -2.32. The first kappa shape index (κ1) is 17.3. The van der Waals surface area contributed by atoms with E-state index in [1.165, 1.54) is 5.56 Å². The van der Waals surface area contributed by atoms with Crippen LogP contribution < -0.4 is 15.8 Å². The average molecular weight is 316 g/mol. The molecule has 1 atom stereocenters. The Labute approximate surface area is 136 Å². The highest BCUT2D eigenvalue weighted by molar-refractivity contribution is 5.39. The van der Waals surface area contributed by atoms with Crippen molar-refractivity contribution in [1.29, 1.82) is 0 Å². The van der Waals surface area contributed by atoms with Crippen LogP contribution >= 0.6 is 0 Å². The van der Waals surface area contributed by atoms with Crippen LogP contribution in [0.2, 0.25) is 0 Å². The molecule has 5 nitrogen and oxygen atoms in total. The minimum absolute atomic E-state index is 0.0773. The van der Waals surface area contributed by atoms with Crippen LogP contribution in [0.5, 0.6) is 5.75 Å². The maximum absolute atomic E-state index is 9.94. The van der Waals surface area contributed by atoms with E-state index in [1.54, 1.807) is 12.1 Å². The number of nitrogen functional groups attached to an aromatic ring is 1.